The maximum atomic E-state index is 5.77. The Labute approximate surface area is 102 Å². The molecule has 0 fully saturated rings. The van der Waals surface area contributed by atoms with Crippen LogP contribution in [0.5, 0.6) is 0 Å². The Hall–Kier alpha value is -0.770. The molecule has 0 unspecified atom stereocenters. The standard InChI is InChI=1S/C12H21N3S/c1-5-6-9-7-10(13)15-11(14-9)8-16-12(2,3)4/h7H,5-6,8H2,1-4H3,(H2,13,14,15). The molecule has 0 atom stereocenters. The second-order valence-electron chi connectivity index (χ2n) is 4.85. The summed E-state index contributed by atoms with van der Waals surface area (Å²) in [4.78, 5) is 8.78. The second kappa shape index (κ2) is 5.53. The van der Waals surface area contributed by atoms with E-state index in [2.05, 4.69) is 37.7 Å². The minimum Gasteiger partial charge on any atom is -0.384 e. The van der Waals surface area contributed by atoms with Gasteiger partial charge in [-0.3, -0.25) is 0 Å². The summed E-state index contributed by atoms with van der Waals surface area (Å²) in [6.07, 6.45) is 2.06. The first kappa shape index (κ1) is 13.3. The first-order valence-electron chi connectivity index (χ1n) is 5.67. The van der Waals surface area contributed by atoms with Crippen LogP contribution in [0.4, 0.5) is 5.82 Å². The van der Waals surface area contributed by atoms with Crippen LogP contribution in [0.3, 0.4) is 0 Å². The van der Waals surface area contributed by atoms with Crippen LogP contribution in [-0.4, -0.2) is 14.7 Å². The molecule has 16 heavy (non-hydrogen) atoms. The summed E-state index contributed by atoms with van der Waals surface area (Å²) in [7, 11) is 0. The molecule has 0 spiro atoms. The fourth-order valence-electron chi connectivity index (χ4n) is 1.30. The molecular weight excluding hydrogens is 218 g/mol. The van der Waals surface area contributed by atoms with Crippen molar-refractivity contribution in [2.75, 3.05) is 5.73 Å². The van der Waals surface area contributed by atoms with E-state index < -0.39 is 0 Å². The highest BCUT2D eigenvalue weighted by Crippen LogP contribution is 2.26. The van der Waals surface area contributed by atoms with E-state index in [1.807, 2.05) is 17.8 Å². The van der Waals surface area contributed by atoms with E-state index >= 15 is 0 Å². The van der Waals surface area contributed by atoms with Gasteiger partial charge in [0.1, 0.15) is 11.6 Å². The van der Waals surface area contributed by atoms with Gasteiger partial charge in [0.15, 0.2) is 0 Å². The number of hydrogen-bond acceptors (Lipinski definition) is 4. The Balaban J connectivity index is 2.72. The van der Waals surface area contributed by atoms with Gasteiger partial charge >= 0.3 is 0 Å². The lowest BCUT2D eigenvalue weighted by molar-refractivity contribution is 0.798. The highest BCUT2D eigenvalue weighted by atomic mass is 32.2. The second-order valence-corrected chi connectivity index (χ2v) is 6.65. The Morgan fingerprint density at radius 1 is 1.31 bits per heavy atom. The monoisotopic (exact) mass is 239 g/mol. The number of hydrogen-bond donors (Lipinski definition) is 1. The van der Waals surface area contributed by atoms with Crippen molar-refractivity contribution in [1.29, 1.82) is 0 Å². The molecule has 0 aromatic carbocycles. The minimum atomic E-state index is 0.235. The number of aryl methyl sites for hydroxylation is 1. The summed E-state index contributed by atoms with van der Waals surface area (Å²) in [5.74, 6) is 2.26. The van der Waals surface area contributed by atoms with Gasteiger partial charge in [-0.2, -0.15) is 0 Å². The summed E-state index contributed by atoms with van der Waals surface area (Å²) >= 11 is 1.84. The van der Waals surface area contributed by atoms with E-state index in [0.717, 1.165) is 30.1 Å². The maximum Gasteiger partial charge on any atom is 0.140 e. The molecule has 0 bridgehead atoms. The predicted molar refractivity (Wildman–Crippen MR) is 71.5 cm³/mol. The number of thioether (sulfide) groups is 1. The summed E-state index contributed by atoms with van der Waals surface area (Å²) in [5.41, 5.74) is 6.82. The largest absolute Gasteiger partial charge is 0.384 e. The Kier molecular flexibility index (Phi) is 4.59. The van der Waals surface area contributed by atoms with E-state index in [4.69, 9.17) is 5.73 Å². The van der Waals surface area contributed by atoms with Crippen LogP contribution in [0.15, 0.2) is 6.07 Å². The smallest absolute Gasteiger partial charge is 0.140 e. The molecule has 2 N–H and O–H groups in total. The zero-order valence-corrected chi connectivity index (χ0v) is 11.4. The van der Waals surface area contributed by atoms with Gasteiger partial charge in [0.05, 0.1) is 5.75 Å². The highest BCUT2D eigenvalue weighted by Gasteiger charge is 2.12. The molecule has 3 nitrogen and oxygen atoms in total. The Bertz CT molecular complexity index is 345. The number of nitrogen functional groups attached to an aromatic ring is 1. The number of aromatic nitrogens is 2. The third-order valence-electron chi connectivity index (χ3n) is 1.99. The van der Waals surface area contributed by atoms with Crippen molar-refractivity contribution in [2.24, 2.45) is 0 Å². The third kappa shape index (κ3) is 4.84. The normalized spacial score (nSPS) is 11.8. The Morgan fingerprint density at radius 3 is 2.56 bits per heavy atom. The van der Waals surface area contributed by atoms with Crippen LogP contribution in [0.25, 0.3) is 0 Å². The molecule has 0 saturated heterocycles. The SMILES string of the molecule is CCCc1cc(N)nc(CSC(C)(C)C)n1. The quantitative estimate of drug-likeness (QED) is 0.877. The number of rotatable bonds is 4. The van der Waals surface area contributed by atoms with E-state index in [1.165, 1.54) is 0 Å². The summed E-state index contributed by atoms with van der Waals surface area (Å²) in [6.45, 7) is 8.71. The molecule has 1 heterocycles. The first-order chi connectivity index (χ1) is 7.40. The van der Waals surface area contributed by atoms with Crippen molar-refractivity contribution in [3.63, 3.8) is 0 Å². The molecule has 4 heteroatoms. The van der Waals surface area contributed by atoms with Gasteiger partial charge in [-0.1, -0.05) is 34.1 Å². The van der Waals surface area contributed by atoms with Crippen LogP contribution in [0, 0.1) is 0 Å². The van der Waals surface area contributed by atoms with Crippen molar-refractivity contribution in [1.82, 2.24) is 9.97 Å². The van der Waals surface area contributed by atoms with Gasteiger partial charge in [0.2, 0.25) is 0 Å². The number of anilines is 1. The van der Waals surface area contributed by atoms with Crippen molar-refractivity contribution in [3.05, 3.63) is 17.6 Å². The van der Waals surface area contributed by atoms with Crippen molar-refractivity contribution in [3.8, 4) is 0 Å². The van der Waals surface area contributed by atoms with Crippen LogP contribution in [-0.2, 0) is 12.2 Å². The van der Waals surface area contributed by atoms with E-state index in [1.54, 1.807) is 0 Å². The zero-order chi connectivity index (χ0) is 12.2. The molecule has 0 radical (unpaired) electrons. The average Bonchev–Trinajstić information content (AvgIpc) is 2.13. The topological polar surface area (TPSA) is 51.8 Å². The Morgan fingerprint density at radius 2 is 2.00 bits per heavy atom. The molecule has 1 aromatic rings. The van der Waals surface area contributed by atoms with E-state index in [-0.39, 0.29) is 4.75 Å². The van der Waals surface area contributed by atoms with Gasteiger partial charge in [0.25, 0.3) is 0 Å². The van der Waals surface area contributed by atoms with Crippen molar-refractivity contribution >= 4 is 17.6 Å². The van der Waals surface area contributed by atoms with E-state index in [9.17, 15) is 0 Å². The van der Waals surface area contributed by atoms with Gasteiger partial charge < -0.3 is 5.73 Å². The molecular formula is C12H21N3S. The van der Waals surface area contributed by atoms with Gasteiger partial charge in [0, 0.05) is 16.5 Å². The third-order valence-corrected chi connectivity index (χ3v) is 3.25. The minimum absolute atomic E-state index is 0.235. The maximum absolute atomic E-state index is 5.77. The first-order valence-corrected chi connectivity index (χ1v) is 6.65. The number of nitrogens with two attached hydrogens (primary N) is 1. The molecule has 0 aliphatic heterocycles. The van der Waals surface area contributed by atoms with Crippen LogP contribution in [0.1, 0.15) is 45.6 Å². The number of nitrogens with zero attached hydrogens (tertiary/aromatic N) is 2. The van der Waals surface area contributed by atoms with Crippen LogP contribution in [0.2, 0.25) is 0 Å². The fourth-order valence-corrected chi connectivity index (χ4v) is 2.00. The molecule has 0 amide bonds. The molecule has 0 saturated carbocycles. The molecule has 90 valence electrons. The van der Waals surface area contributed by atoms with Gasteiger partial charge in [-0.05, 0) is 6.42 Å². The van der Waals surface area contributed by atoms with E-state index in [0.29, 0.717) is 5.82 Å². The fraction of sp³-hybridized carbons (Fsp3) is 0.667. The molecule has 1 aromatic heterocycles. The summed E-state index contributed by atoms with van der Waals surface area (Å²) < 4.78 is 0.235. The lowest BCUT2D eigenvalue weighted by atomic mass is 10.2. The van der Waals surface area contributed by atoms with Crippen LogP contribution < -0.4 is 5.73 Å². The van der Waals surface area contributed by atoms with Crippen LogP contribution >= 0.6 is 11.8 Å². The molecule has 0 aliphatic carbocycles. The lowest BCUT2D eigenvalue weighted by Gasteiger charge is -2.17. The van der Waals surface area contributed by atoms with Gasteiger partial charge in [-0.15, -0.1) is 11.8 Å². The predicted octanol–water partition coefficient (Wildman–Crippen LogP) is 3.04. The molecule has 0 aliphatic rings. The average molecular weight is 239 g/mol. The zero-order valence-electron chi connectivity index (χ0n) is 10.6. The summed E-state index contributed by atoms with van der Waals surface area (Å²) in [5, 5.41) is 0. The summed E-state index contributed by atoms with van der Waals surface area (Å²) in [6, 6.07) is 1.87. The van der Waals surface area contributed by atoms with Crippen molar-refractivity contribution < 1.29 is 0 Å². The highest BCUT2D eigenvalue weighted by molar-refractivity contribution is 7.99. The van der Waals surface area contributed by atoms with Gasteiger partial charge in [-0.25, -0.2) is 9.97 Å². The lowest BCUT2D eigenvalue weighted by Crippen LogP contribution is -2.10. The van der Waals surface area contributed by atoms with Crippen molar-refractivity contribution in [2.45, 2.75) is 51.0 Å². The molecule has 1 rings (SSSR count).